The molecule has 118 valence electrons. The topological polar surface area (TPSA) is 77.0 Å². The standard InChI is InChI=1S/C15H27N5O/c1-15(2,3)12-5-4-7-19(8-6-12)14(21)11-20-10-13(9-16)17-18-20/h10,12H,4-9,11,16H2,1-3H3. The van der Waals surface area contributed by atoms with Crippen LogP contribution in [0.4, 0.5) is 0 Å². The highest BCUT2D eigenvalue weighted by Gasteiger charge is 2.28. The van der Waals surface area contributed by atoms with E-state index in [1.54, 1.807) is 10.9 Å². The molecule has 0 spiro atoms. The molecule has 1 atom stereocenters. The number of carbonyl (C=O) groups excluding carboxylic acids is 1. The minimum absolute atomic E-state index is 0.123. The van der Waals surface area contributed by atoms with Gasteiger partial charge in [-0.15, -0.1) is 5.10 Å². The molecular formula is C15H27N5O. The van der Waals surface area contributed by atoms with E-state index >= 15 is 0 Å². The van der Waals surface area contributed by atoms with Crippen molar-refractivity contribution in [1.82, 2.24) is 19.9 Å². The Kier molecular flexibility index (Phi) is 4.98. The summed E-state index contributed by atoms with van der Waals surface area (Å²) in [5.41, 5.74) is 6.54. The summed E-state index contributed by atoms with van der Waals surface area (Å²) in [5.74, 6) is 0.809. The Labute approximate surface area is 126 Å². The van der Waals surface area contributed by atoms with Gasteiger partial charge in [-0.1, -0.05) is 26.0 Å². The first-order valence-electron chi connectivity index (χ1n) is 7.77. The third-order valence-corrected chi connectivity index (χ3v) is 4.40. The number of aromatic nitrogens is 3. The van der Waals surface area contributed by atoms with E-state index in [1.807, 2.05) is 4.90 Å². The van der Waals surface area contributed by atoms with Crippen LogP contribution in [0.2, 0.25) is 0 Å². The van der Waals surface area contributed by atoms with Gasteiger partial charge in [0, 0.05) is 19.6 Å². The van der Waals surface area contributed by atoms with E-state index in [0.29, 0.717) is 23.6 Å². The van der Waals surface area contributed by atoms with Gasteiger partial charge in [0.1, 0.15) is 6.54 Å². The molecule has 6 heteroatoms. The highest BCUT2D eigenvalue weighted by molar-refractivity contribution is 5.75. The van der Waals surface area contributed by atoms with E-state index in [2.05, 4.69) is 31.1 Å². The fourth-order valence-corrected chi connectivity index (χ4v) is 2.96. The van der Waals surface area contributed by atoms with Gasteiger partial charge in [0.2, 0.25) is 5.91 Å². The number of amides is 1. The summed E-state index contributed by atoms with van der Waals surface area (Å²) in [6, 6.07) is 0. The van der Waals surface area contributed by atoms with Crippen molar-refractivity contribution < 1.29 is 4.79 Å². The molecule has 0 bridgehead atoms. The van der Waals surface area contributed by atoms with Gasteiger partial charge in [-0.3, -0.25) is 4.79 Å². The third-order valence-electron chi connectivity index (χ3n) is 4.40. The van der Waals surface area contributed by atoms with E-state index in [1.165, 1.54) is 6.42 Å². The van der Waals surface area contributed by atoms with Gasteiger partial charge in [0.25, 0.3) is 0 Å². The van der Waals surface area contributed by atoms with Crippen LogP contribution < -0.4 is 5.73 Å². The summed E-state index contributed by atoms with van der Waals surface area (Å²) in [6.07, 6.45) is 5.11. The van der Waals surface area contributed by atoms with Crippen LogP contribution in [0.3, 0.4) is 0 Å². The van der Waals surface area contributed by atoms with E-state index in [-0.39, 0.29) is 12.5 Å². The van der Waals surface area contributed by atoms with Gasteiger partial charge in [-0.05, 0) is 30.6 Å². The van der Waals surface area contributed by atoms with E-state index in [4.69, 9.17) is 5.73 Å². The van der Waals surface area contributed by atoms with E-state index in [9.17, 15) is 4.79 Å². The van der Waals surface area contributed by atoms with E-state index in [0.717, 1.165) is 25.9 Å². The minimum Gasteiger partial charge on any atom is -0.341 e. The second-order valence-corrected chi connectivity index (χ2v) is 6.99. The van der Waals surface area contributed by atoms with Crippen LogP contribution in [0, 0.1) is 11.3 Å². The predicted molar refractivity (Wildman–Crippen MR) is 81.3 cm³/mol. The molecule has 1 aromatic heterocycles. The highest BCUT2D eigenvalue weighted by atomic mass is 16.2. The van der Waals surface area contributed by atoms with Crippen LogP contribution >= 0.6 is 0 Å². The lowest BCUT2D eigenvalue weighted by Gasteiger charge is -2.29. The first kappa shape index (κ1) is 15.9. The molecular weight excluding hydrogens is 266 g/mol. The molecule has 1 fully saturated rings. The van der Waals surface area contributed by atoms with Crippen LogP contribution in [-0.4, -0.2) is 38.9 Å². The third kappa shape index (κ3) is 4.27. The highest BCUT2D eigenvalue weighted by Crippen LogP contribution is 2.34. The largest absolute Gasteiger partial charge is 0.341 e. The fourth-order valence-electron chi connectivity index (χ4n) is 2.96. The monoisotopic (exact) mass is 293 g/mol. The molecule has 2 rings (SSSR count). The summed E-state index contributed by atoms with van der Waals surface area (Å²) >= 11 is 0. The Morgan fingerprint density at radius 3 is 2.76 bits per heavy atom. The second-order valence-electron chi connectivity index (χ2n) is 6.99. The van der Waals surface area contributed by atoms with Crippen molar-refractivity contribution in [3.63, 3.8) is 0 Å². The Morgan fingerprint density at radius 1 is 1.38 bits per heavy atom. The lowest BCUT2D eigenvalue weighted by molar-refractivity contribution is -0.132. The first-order chi connectivity index (χ1) is 9.90. The predicted octanol–water partition coefficient (Wildman–Crippen LogP) is 1.41. The molecule has 21 heavy (non-hydrogen) atoms. The van der Waals surface area contributed by atoms with Crippen molar-refractivity contribution in [3.8, 4) is 0 Å². The Morgan fingerprint density at radius 2 is 2.14 bits per heavy atom. The molecule has 2 N–H and O–H groups in total. The summed E-state index contributed by atoms with van der Waals surface area (Å²) in [4.78, 5) is 14.3. The van der Waals surface area contributed by atoms with Crippen molar-refractivity contribution in [2.75, 3.05) is 13.1 Å². The molecule has 6 nitrogen and oxygen atoms in total. The average molecular weight is 293 g/mol. The zero-order chi connectivity index (χ0) is 15.5. The lowest BCUT2D eigenvalue weighted by atomic mass is 9.77. The zero-order valence-corrected chi connectivity index (χ0v) is 13.4. The van der Waals surface area contributed by atoms with Gasteiger partial charge < -0.3 is 10.6 Å². The number of carbonyl (C=O) groups is 1. The fraction of sp³-hybridized carbons (Fsp3) is 0.800. The SMILES string of the molecule is CC(C)(C)C1CCCN(C(=O)Cn2cc(CN)nn2)CC1. The molecule has 0 aliphatic carbocycles. The number of hydrogen-bond donors (Lipinski definition) is 1. The number of hydrogen-bond acceptors (Lipinski definition) is 4. The van der Waals surface area contributed by atoms with Crippen molar-refractivity contribution in [2.24, 2.45) is 17.1 Å². The first-order valence-corrected chi connectivity index (χ1v) is 7.77. The van der Waals surface area contributed by atoms with Crippen LogP contribution in [-0.2, 0) is 17.9 Å². The second kappa shape index (κ2) is 6.56. The Bertz CT molecular complexity index is 477. The van der Waals surface area contributed by atoms with Gasteiger partial charge in [-0.2, -0.15) is 0 Å². The molecule has 1 amide bonds. The molecule has 1 saturated heterocycles. The van der Waals surface area contributed by atoms with Crippen LogP contribution in [0.5, 0.6) is 0 Å². The van der Waals surface area contributed by atoms with Crippen LogP contribution in [0.25, 0.3) is 0 Å². The average Bonchev–Trinajstić information content (AvgIpc) is 2.71. The number of likely N-dealkylation sites (tertiary alicyclic amines) is 1. The van der Waals surface area contributed by atoms with Crippen molar-refractivity contribution in [3.05, 3.63) is 11.9 Å². The lowest BCUT2D eigenvalue weighted by Crippen LogP contribution is -2.35. The maximum atomic E-state index is 12.4. The summed E-state index contributed by atoms with van der Waals surface area (Å²) < 4.78 is 1.58. The molecule has 0 radical (unpaired) electrons. The summed E-state index contributed by atoms with van der Waals surface area (Å²) in [5, 5.41) is 7.85. The molecule has 2 heterocycles. The molecule has 0 saturated carbocycles. The van der Waals surface area contributed by atoms with Crippen LogP contribution in [0.15, 0.2) is 6.20 Å². The Hall–Kier alpha value is -1.43. The smallest absolute Gasteiger partial charge is 0.244 e. The zero-order valence-electron chi connectivity index (χ0n) is 13.4. The van der Waals surface area contributed by atoms with Gasteiger partial charge in [0.15, 0.2) is 0 Å². The van der Waals surface area contributed by atoms with Gasteiger partial charge in [0.05, 0.1) is 11.9 Å². The minimum atomic E-state index is 0.123. The number of nitrogens with two attached hydrogens (primary N) is 1. The van der Waals surface area contributed by atoms with Crippen molar-refractivity contribution in [1.29, 1.82) is 0 Å². The Balaban J connectivity index is 1.91. The molecule has 1 aliphatic heterocycles. The molecule has 1 aromatic rings. The molecule has 1 aliphatic rings. The van der Waals surface area contributed by atoms with Gasteiger partial charge in [-0.25, -0.2) is 4.68 Å². The van der Waals surface area contributed by atoms with Crippen molar-refractivity contribution in [2.45, 2.75) is 53.1 Å². The summed E-state index contributed by atoms with van der Waals surface area (Å²) in [7, 11) is 0. The van der Waals surface area contributed by atoms with Crippen LogP contribution in [0.1, 0.15) is 45.7 Å². The molecule has 1 unspecified atom stereocenters. The van der Waals surface area contributed by atoms with E-state index < -0.39 is 0 Å². The normalized spacial score (nSPS) is 20.4. The van der Waals surface area contributed by atoms with Gasteiger partial charge >= 0.3 is 0 Å². The molecule has 0 aromatic carbocycles. The number of rotatable bonds is 3. The maximum Gasteiger partial charge on any atom is 0.244 e. The van der Waals surface area contributed by atoms with Crippen molar-refractivity contribution >= 4 is 5.91 Å². The number of nitrogens with zero attached hydrogens (tertiary/aromatic N) is 4. The quantitative estimate of drug-likeness (QED) is 0.914. The summed E-state index contributed by atoms with van der Waals surface area (Å²) in [6.45, 7) is 9.18. The maximum absolute atomic E-state index is 12.4.